The van der Waals surface area contributed by atoms with Crippen molar-refractivity contribution in [2.45, 2.75) is 44.0 Å². The van der Waals surface area contributed by atoms with Crippen LogP contribution in [0.5, 0.6) is 0 Å². The van der Waals surface area contributed by atoms with Gasteiger partial charge in [0.15, 0.2) is 5.65 Å². The first-order chi connectivity index (χ1) is 12.1. The number of nitrogens with zero attached hydrogens (tertiary/aromatic N) is 4. The van der Waals surface area contributed by atoms with Crippen molar-refractivity contribution in [3.63, 3.8) is 0 Å². The first-order valence-corrected chi connectivity index (χ1v) is 9.42. The summed E-state index contributed by atoms with van der Waals surface area (Å²) in [5, 5.41) is 9.87. The van der Waals surface area contributed by atoms with Crippen LogP contribution in [0, 0.1) is 0 Å². The number of esters is 1. The third-order valence-electron chi connectivity index (χ3n) is 4.22. The predicted molar refractivity (Wildman–Crippen MR) is 99.8 cm³/mol. The van der Waals surface area contributed by atoms with Gasteiger partial charge < -0.3 is 9.30 Å². The van der Waals surface area contributed by atoms with Gasteiger partial charge in [-0.3, -0.25) is 4.79 Å². The lowest BCUT2D eigenvalue weighted by atomic mass is 10.1. The highest BCUT2D eigenvalue weighted by molar-refractivity contribution is 8.00. The molecule has 25 heavy (non-hydrogen) atoms. The van der Waals surface area contributed by atoms with Crippen LogP contribution in [0.3, 0.4) is 0 Å². The molecule has 0 fully saturated rings. The molecule has 0 aliphatic rings. The molecule has 7 heteroatoms. The summed E-state index contributed by atoms with van der Waals surface area (Å²) in [5.74, 6) is -0.233. The van der Waals surface area contributed by atoms with E-state index in [2.05, 4.69) is 40.3 Å². The topological polar surface area (TPSA) is 69.9 Å². The van der Waals surface area contributed by atoms with Gasteiger partial charge in [0.1, 0.15) is 10.8 Å². The van der Waals surface area contributed by atoms with Gasteiger partial charge in [-0.1, -0.05) is 31.7 Å². The van der Waals surface area contributed by atoms with Crippen molar-refractivity contribution in [2.75, 3.05) is 6.61 Å². The zero-order chi connectivity index (χ0) is 18.0. The van der Waals surface area contributed by atoms with E-state index < -0.39 is 0 Å². The molecule has 0 radical (unpaired) electrons. The molecule has 0 saturated carbocycles. The van der Waals surface area contributed by atoms with E-state index in [1.165, 1.54) is 17.3 Å². The molecule has 2 heterocycles. The lowest BCUT2D eigenvalue weighted by Gasteiger charge is -2.11. The van der Waals surface area contributed by atoms with Crippen molar-refractivity contribution >= 4 is 39.8 Å². The summed E-state index contributed by atoms with van der Waals surface area (Å²) in [7, 11) is 1.97. The zero-order valence-corrected chi connectivity index (χ0v) is 15.8. The Balaban J connectivity index is 2.01. The van der Waals surface area contributed by atoms with Crippen molar-refractivity contribution < 1.29 is 9.53 Å². The molecule has 0 aliphatic carbocycles. The van der Waals surface area contributed by atoms with Crippen LogP contribution < -0.4 is 0 Å². The predicted octanol–water partition coefficient (Wildman–Crippen LogP) is 3.51. The van der Waals surface area contributed by atoms with E-state index in [-0.39, 0.29) is 11.2 Å². The molecule has 0 spiro atoms. The Morgan fingerprint density at radius 1 is 1.28 bits per heavy atom. The van der Waals surface area contributed by atoms with Gasteiger partial charge in [0.05, 0.1) is 12.1 Å². The Hall–Kier alpha value is -2.15. The first-order valence-electron chi connectivity index (χ1n) is 8.54. The molecule has 132 valence electrons. The van der Waals surface area contributed by atoms with E-state index in [0.29, 0.717) is 18.2 Å². The average Bonchev–Trinajstić information content (AvgIpc) is 2.91. The smallest absolute Gasteiger partial charge is 0.319 e. The maximum absolute atomic E-state index is 12.0. The minimum atomic E-state index is -0.319. The molecule has 0 N–H and O–H groups in total. The second-order valence-corrected chi connectivity index (χ2v) is 6.97. The fourth-order valence-electron chi connectivity index (χ4n) is 2.82. The monoisotopic (exact) mass is 358 g/mol. The number of benzene rings is 1. The summed E-state index contributed by atoms with van der Waals surface area (Å²) in [6, 6.07) is 6.37. The SMILES string of the molecule is CCOC(=O)C(CC)Sc1nnc2c3cc(CC)ccc3n(C)c2n1. The number of hydrogen-bond acceptors (Lipinski definition) is 6. The van der Waals surface area contributed by atoms with Crippen LogP contribution in [0.25, 0.3) is 22.1 Å². The molecule has 6 nitrogen and oxygen atoms in total. The fourth-order valence-corrected chi connectivity index (χ4v) is 3.63. The Morgan fingerprint density at radius 2 is 2.08 bits per heavy atom. The van der Waals surface area contributed by atoms with E-state index in [4.69, 9.17) is 4.74 Å². The molecular weight excluding hydrogens is 336 g/mol. The molecule has 1 unspecified atom stereocenters. The summed E-state index contributed by atoms with van der Waals surface area (Å²) in [5.41, 5.74) is 3.91. The second kappa shape index (κ2) is 7.39. The van der Waals surface area contributed by atoms with Gasteiger partial charge >= 0.3 is 5.97 Å². The van der Waals surface area contributed by atoms with Gasteiger partial charge in [-0.05, 0) is 37.5 Å². The van der Waals surface area contributed by atoms with Crippen molar-refractivity contribution in [3.8, 4) is 0 Å². The molecular formula is C18H22N4O2S. The number of carbonyl (C=O) groups is 1. The number of fused-ring (bicyclic) bond motifs is 3. The summed E-state index contributed by atoms with van der Waals surface area (Å²) in [6.45, 7) is 6.26. The number of aryl methyl sites for hydroxylation is 2. The van der Waals surface area contributed by atoms with Gasteiger partial charge in [-0.15, -0.1) is 10.2 Å². The number of aromatic nitrogens is 4. The van der Waals surface area contributed by atoms with Crippen molar-refractivity contribution in [3.05, 3.63) is 23.8 Å². The molecule has 1 atom stereocenters. The number of hydrogen-bond donors (Lipinski definition) is 0. The molecule has 3 aromatic rings. The first kappa shape index (κ1) is 17.7. The van der Waals surface area contributed by atoms with Crippen LogP contribution in [0.1, 0.15) is 32.8 Å². The van der Waals surface area contributed by atoms with Gasteiger partial charge in [0.25, 0.3) is 0 Å². The average molecular weight is 358 g/mol. The number of carbonyl (C=O) groups excluding carboxylic acids is 1. The highest BCUT2D eigenvalue weighted by Crippen LogP contribution is 2.29. The second-order valence-electron chi connectivity index (χ2n) is 5.80. The Labute approximate surface area is 151 Å². The number of thioether (sulfide) groups is 1. The van der Waals surface area contributed by atoms with Crippen LogP contribution in [0.4, 0.5) is 0 Å². The highest BCUT2D eigenvalue weighted by atomic mass is 32.2. The zero-order valence-electron chi connectivity index (χ0n) is 14.9. The Morgan fingerprint density at radius 3 is 2.76 bits per heavy atom. The van der Waals surface area contributed by atoms with E-state index in [1.807, 2.05) is 18.5 Å². The molecule has 0 saturated heterocycles. The van der Waals surface area contributed by atoms with Crippen LogP contribution >= 0.6 is 11.8 Å². The van der Waals surface area contributed by atoms with Gasteiger partial charge in [-0.2, -0.15) is 0 Å². The largest absolute Gasteiger partial charge is 0.465 e. The summed E-state index contributed by atoms with van der Waals surface area (Å²) < 4.78 is 7.13. The Bertz CT molecular complexity index is 922. The highest BCUT2D eigenvalue weighted by Gasteiger charge is 2.22. The maximum Gasteiger partial charge on any atom is 0.319 e. The molecule has 0 aliphatic heterocycles. The van der Waals surface area contributed by atoms with Crippen LogP contribution in [-0.4, -0.2) is 37.6 Å². The molecule has 0 bridgehead atoms. The fraction of sp³-hybridized carbons (Fsp3) is 0.444. The number of ether oxygens (including phenoxy) is 1. The molecule has 2 aromatic heterocycles. The minimum Gasteiger partial charge on any atom is -0.465 e. The Kier molecular flexibility index (Phi) is 5.22. The summed E-state index contributed by atoms with van der Waals surface area (Å²) >= 11 is 1.31. The normalized spacial score (nSPS) is 12.6. The maximum atomic E-state index is 12.0. The van der Waals surface area contributed by atoms with Crippen LogP contribution in [0.15, 0.2) is 23.4 Å². The van der Waals surface area contributed by atoms with Crippen molar-refractivity contribution in [1.29, 1.82) is 0 Å². The molecule has 1 aromatic carbocycles. The van der Waals surface area contributed by atoms with Gasteiger partial charge in [0, 0.05) is 12.4 Å². The molecule has 3 rings (SSSR count). The van der Waals surface area contributed by atoms with Gasteiger partial charge in [-0.25, -0.2) is 4.98 Å². The third-order valence-corrected chi connectivity index (χ3v) is 5.41. The molecule has 0 amide bonds. The van der Waals surface area contributed by atoms with Crippen LogP contribution in [0.2, 0.25) is 0 Å². The number of rotatable bonds is 6. The summed E-state index contributed by atoms with van der Waals surface area (Å²) in [6.07, 6.45) is 1.62. The van der Waals surface area contributed by atoms with Gasteiger partial charge in [0.2, 0.25) is 5.16 Å². The van der Waals surface area contributed by atoms with E-state index in [0.717, 1.165) is 28.5 Å². The van der Waals surface area contributed by atoms with E-state index in [1.54, 1.807) is 6.92 Å². The lowest BCUT2D eigenvalue weighted by molar-refractivity contribution is -0.142. The quantitative estimate of drug-likeness (QED) is 0.496. The lowest BCUT2D eigenvalue weighted by Crippen LogP contribution is -2.19. The summed E-state index contributed by atoms with van der Waals surface area (Å²) in [4.78, 5) is 16.6. The van der Waals surface area contributed by atoms with Crippen molar-refractivity contribution in [1.82, 2.24) is 19.7 Å². The van der Waals surface area contributed by atoms with E-state index >= 15 is 0 Å². The minimum absolute atomic E-state index is 0.233. The van der Waals surface area contributed by atoms with E-state index in [9.17, 15) is 4.79 Å². The third kappa shape index (κ3) is 3.33. The van der Waals surface area contributed by atoms with Crippen molar-refractivity contribution in [2.24, 2.45) is 7.05 Å². The standard InChI is InChI=1S/C18H22N4O2S/c1-5-11-8-9-13-12(10-11)15-16(22(13)4)19-18(21-20-15)25-14(6-2)17(23)24-7-3/h8-10,14H,5-7H2,1-4H3. The van der Waals surface area contributed by atoms with Crippen LogP contribution in [-0.2, 0) is 23.0 Å².